The van der Waals surface area contributed by atoms with E-state index in [-0.39, 0.29) is 17.7 Å². The molecule has 0 spiro atoms. The molecular weight excluding hydrogens is 366 g/mol. The van der Waals surface area contributed by atoms with Crippen LogP contribution in [0.4, 0.5) is 5.69 Å². The van der Waals surface area contributed by atoms with Gasteiger partial charge in [-0.1, -0.05) is 12.1 Å². The minimum Gasteiger partial charge on any atom is -0.322 e. The minimum atomic E-state index is -3.59. The van der Waals surface area contributed by atoms with Gasteiger partial charge in [0.25, 0.3) is 5.91 Å². The van der Waals surface area contributed by atoms with Gasteiger partial charge in [-0.25, -0.2) is 23.2 Å². The fourth-order valence-electron chi connectivity index (χ4n) is 2.79. The van der Waals surface area contributed by atoms with Crippen LogP contribution in [-0.2, 0) is 15.8 Å². The Labute approximate surface area is 157 Å². The lowest BCUT2D eigenvalue weighted by Crippen LogP contribution is -2.15. The fourth-order valence-corrected chi connectivity index (χ4v) is 3.45. The molecule has 142 valence electrons. The van der Waals surface area contributed by atoms with Crippen molar-refractivity contribution in [2.24, 2.45) is 5.14 Å². The highest BCUT2D eigenvalue weighted by Crippen LogP contribution is 2.20. The number of benzene rings is 1. The number of nitrogens with zero attached hydrogens (tertiary/aromatic N) is 3. The van der Waals surface area contributed by atoms with Gasteiger partial charge in [0.05, 0.1) is 23.2 Å². The van der Waals surface area contributed by atoms with Gasteiger partial charge in [0.15, 0.2) is 5.65 Å². The molecule has 27 heavy (non-hydrogen) atoms. The summed E-state index contributed by atoms with van der Waals surface area (Å²) in [6.07, 6.45) is 1.70. The number of carbonyl (C=O) groups is 1. The van der Waals surface area contributed by atoms with E-state index >= 15 is 0 Å². The van der Waals surface area contributed by atoms with Crippen LogP contribution >= 0.6 is 0 Å². The lowest BCUT2D eigenvalue weighted by molar-refractivity contribution is 0.102. The summed E-state index contributed by atoms with van der Waals surface area (Å²) in [4.78, 5) is 17.2. The number of aryl methyl sites for hydroxylation is 1. The smallest absolute Gasteiger partial charge is 0.257 e. The van der Waals surface area contributed by atoms with E-state index in [0.717, 1.165) is 11.0 Å². The van der Waals surface area contributed by atoms with E-state index in [0.29, 0.717) is 22.5 Å². The fraction of sp³-hybridized carbons (Fsp3) is 0.278. The van der Waals surface area contributed by atoms with E-state index in [9.17, 15) is 13.2 Å². The van der Waals surface area contributed by atoms with Crippen LogP contribution in [0.1, 0.15) is 41.5 Å². The molecule has 1 aromatic carbocycles. The van der Waals surface area contributed by atoms with Crippen molar-refractivity contribution in [3.8, 4) is 0 Å². The highest BCUT2D eigenvalue weighted by atomic mass is 32.2. The number of nitrogens with one attached hydrogen (secondary N) is 1. The minimum absolute atomic E-state index is 0.171. The lowest BCUT2D eigenvalue weighted by atomic mass is 10.1. The number of amides is 1. The molecule has 0 aliphatic rings. The number of aromatic nitrogens is 3. The second-order valence-electron chi connectivity index (χ2n) is 6.68. The van der Waals surface area contributed by atoms with Crippen molar-refractivity contribution in [1.82, 2.24) is 14.8 Å². The van der Waals surface area contributed by atoms with E-state index in [4.69, 9.17) is 5.14 Å². The zero-order valence-electron chi connectivity index (χ0n) is 15.3. The van der Waals surface area contributed by atoms with Gasteiger partial charge in [-0.15, -0.1) is 0 Å². The Hall–Kier alpha value is -2.78. The SMILES string of the molecule is Cc1nc2c(cnn2C(C)C)cc1C(=O)Nc1ccc(CS(N)(=O)=O)cc1. The molecule has 0 radical (unpaired) electrons. The van der Waals surface area contributed by atoms with Crippen molar-refractivity contribution < 1.29 is 13.2 Å². The molecule has 0 unspecified atom stereocenters. The van der Waals surface area contributed by atoms with Gasteiger partial charge in [0.1, 0.15) is 0 Å². The number of pyridine rings is 1. The van der Waals surface area contributed by atoms with E-state index < -0.39 is 10.0 Å². The van der Waals surface area contributed by atoms with Gasteiger partial charge in [0, 0.05) is 17.1 Å². The van der Waals surface area contributed by atoms with E-state index in [1.54, 1.807) is 43.5 Å². The van der Waals surface area contributed by atoms with Crippen LogP contribution in [0.5, 0.6) is 0 Å². The van der Waals surface area contributed by atoms with E-state index in [1.165, 1.54) is 0 Å². The maximum atomic E-state index is 12.6. The molecule has 0 saturated heterocycles. The molecule has 3 N–H and O–H groups in total. The van der Waals surface area contributed by atoms with Crippen LogP contribution in [0.15, 0.2) is 36.5 Å². The largest absolute Gasteiger partial charge is 0.322 e. The van der Waals surface area contributed by atoms with Crippen LogP contribution in [-0.4, -0.2) is 29.1 Å². The Kier molecular flexibility index (Phi) is 4.99. The third kappa shape index (κ3) is 4.32. The third-order valence-corrected chi connectivity index (χ3v) is 4.81. The number of nitrogens with two attached hydrogens (primary N) is 1. The first-order chi connectivity index (χ1) is 12.6. The summed E-state index contributed by atoms with van der Waals surface area (Å²) < 4.78 is 24.1. The van der Waals surface area contributed by atoms with E-state index in [1.807, 2.05) is 18.5 Å². The van der Waals surface area contributed by atoms with Crippen molar-refractivity contribution in [3.63, 3.8) is 0 Å². The number of rotatable bonds is 5. The number of anilines is 1. The maximum absolute atomic E-state index is 12.6. The molecule has 2 aromatic heterocycles. The molecule has 0 atom stereocenters. The number of primary sulfonamides is 1. The van der Waals surface area contributed by atoms with Crippen LogP contribution in [0.2, 0.25) is 0 Å². The average Bonchev–Trinajstić information content (AvgIpc) is 2.97. The first-order valence-corrected chi connectivity index (χ1v) is 10.1. The van der Waals surface area contributed by atoms with Crippen molar-refractivity contribution in [1.29, 1.82) is 0 Å². The Bertz CT molecular complexity index is 1100. The molecule has 3 rings (SSSR count). The maximum Gasteiger partial charge on any atom is 0.257 e. The van der Waals surface area contributed by atoms with Gasteiger partial charge in [-0.05, 0) is 44.5 Å². The topological polar surface area (TPSA) is 120 Å². The monoisotopic (exact) mass is 387 g/mol. The van der Waals surface area contributed by atoms with Crippen LogP contribution in [0.25, 0.3) is 11.0 Å². The average molecular weight is 387 g/mol. The third-order valence-electron chi connectivity index (χ3n) is 4.07. The van der Waals surface area contributed by atoms with Gasteiger partial charge in [-0.3, -0.25) is 4.79 Å². The zero-order valence-corrected chi connectivity index (χ0v) is 16.1. The second kappa shape index (κ2) is 7.09. The normalized spacial score (nSPS) is 11.9. The molecule has 0 aliphatic carbocycles. The summed E-state index contributed by atoms with van der Waals surface area (Å²) in [6.45, 7) is 5.81. The first kappa shape index (κ1) is 19.0. The Morgan fingerprint density at radius 3 is 2.52 bits per heavy atom. The number of sulfonamides is 1. The molecule has 0 saturated carbocycles. The second-order valence-corrected chi connectivity index (χ2v) is 8.29. The first-order valence-electron chi connectivity index (χ1n) is 8.39. The molecular formula is C18H21N5O3S. The van der Waals surface area contributed by atoms with Gasteiger partial charge in [-0.2, -0.15) is 5.10 Å². The standard InChI is InChI=1S/C18H21N5O3S/c1-11(2)23-17-14(9-20-23)8-16(12(3)21-17)18(24)22-15-6-4-13(5-7-15)10-27(19,25)26/h4-9,11H,10H2,1-3H3,(H,22,24)(H2,19,25,26). The molecule has 0 aliphatic heterocycles. The Morgan fingerprint density at radius 2 is 1.93 bits per heavy atom. The quantitative estimate of drug-likeness (QED) is 0.696. The molecule has 0 fully saturated rings. The predicted molar refractivity (Wildman–Crippen MR) is 104 cm³/mol. The van der Waals surface area contributed by atoms with Crippen molar-refractivity contribution in [2.45, 2.75) is 32.6 Å². The van der Waals surface area contributed by atoms with Crippen molar-refractivity contribution in [2.75, 3.05) is 5.32 Å². The Balaban J connectivity index is 1.83. The van der Waals surface area contributed by atoms with Crippen molar-refractivity contribution in [3.05, 3.63) is 53.3 Å². The summed E-state index contributed by atoms with van der Waals surface area (Å²) in [5, 5.41) is 12.9. The predicted octanol–water partition coefficient (Wildman–Crippen LogP) is 2.36. The van der Waals surface area contributed by atoms with Gasteiger partial charge in [0.2, 0.25) is 10.0 Å². The number of carbonyl (C=O) groups excluding carboxylic acids is 1. The summed E-state index contributed by atoms with van der Waals surface area (Å²) >= 11 is 0. The van der Waals surface area contributed by atoms with Crippen molar-refractivity contribution >= 4 is 32.7 Å². The molecule has 1 amide bonds. The summed E-state index contributed by atoms with van der Waals surface area (Å²) in [5.41, 5.74) is 2.91. The number of hydrogen-bond acceptors (Lipinski definition) is 5. The highest BCUT2D eigenvalue weighted by Gasteiger charge is 2.15. The molecule has 3 aromatic rings. The molecule has 8 nitrogen and oxygen atoms in total. The lowest BCUT2D eigenvalue weighted by Gasteiger charge is -2.10. The molecule has 9 heteroatoms. The summed E-state index contributed by atoms with van der Waals surface area (Å²) in [6, 6.07) is 8.44. The van der Waals surface area contributed by atoms with Gasteiger partial charge < -0.3 is 5.32 Å². The summed E-state index contributed by atoms with van der Waals surface area (Å²) in [7, 11) is -3.59. The van der Waals surface area contributed by atoms with Gasteiger partial charge >= 0.3 is 0 Å². The Morgan fingerprint density at radius 1 is 1.26 bits per heavy atom. The highest BCUT2D eigenvalue weighted by molar-refractivity contribution is 7.88. The summed E-state index contributed by atoms with van der Waals surface area (Å²) in [5.74, 6) is -0.542. The van der Waals surface area contributed by atoms with E-state index in [2.05, 4.69) is 15.4 Å². The number of hydrogen-bond donors (Lipinski definition) is 2. The molecule has 0 bridgehead atoms. The number of fused-ring (bicyclic) bond motifs is 1. The van der Waals surface area contributed by atoms with Crippen LogP contribution < -0.4 is 10.5 Å². The zero-order chi connectivity index (χ0) is 19.8. The molecule has 2 heterocycles. The van der Waals surface area contributed by atoms with Crippen LogP contribution in [0, 0.1) is 6.92 Å². The van der Waals surface area contributed by atoms with Crippen LogP contribution in [0.3, 0.4) is 0 Å².